The zero-order valence-electron chi connectivity index (χ0n) is 14.8. The van der Waals surface area contributed by atoms with E-state index in [1.54, 1.807) is 18.3 Å². The molecule has 0 saturated carbocycles. The molecule has 2 aromatic heterocycles. The number of nitrogens with zero attached hydrogens (tertiary/aromatic N) is 4. The summed E-state index contributed by atoms with van der Waals surface area (Å²) in [6.45, 7) is 3.83. The van der Waals surface area contributed by atoms with E-state index >= 15 is 0 Å². The van der Waals surface area contributed by atoms with Crippen LogP contribution in [0.4, 0.5) is 4.39 Å². The van der Waals surface area contributed by atoms with Crippen molar-refractivity contribution in [2.45, 2.75) is 38.8 Å². The first-order valence-electron chi connectivity index (χ1n) is 9.08. The number of aromatic nitrogens is 4. The molecule has 1 aliphatic rings. The summed E-state index contributed by atoms with van der Waals surface area (Å²) in [4.78, 5) is 11.2. The van der Waals surface area contributed by atoms with Crippen molar-refractivity contribution < 1.29 is 4.39 Å². The average Bonchev–Trinajstić information content (AvgIpc) is 3.31. The van der Waals surface area contributed by atoms with Gasteiger partial charge in [0.15, 0.2) is 0 Å². The highest BCUT2D eigenvalue weighted by molar-refractivity contribution is 5.66. The fraction of sp³-hybridized carbons (Fsp3) is 0.350. The Bertz CT molecular complexity index is 874. The van der Waals surface area contributed by atoms with Crippen molar-refractivity contribution in [3.05, 3.63) is 65.8 Å². The molecule has 0 amide bonds. The summed E-state index contributed by atoms with van der Waals surface area (Å²) in [5, 5.41) is 7.32. The van der Waals surface area contributed by atoms with Crippen molar-refractivity contribution in [3.8, 4) is 11.1 Å². The van der Waals surface area contributed by atoms with Crippen LogP contribution in [0.3, 0.4) is 0 Å². The molecule has 0 spiro atoms. The summed E-state index contributed by atoms with van der Waals surface area (Å²) in [6.07, 6.45) is 8.51. The predicted octanol–water partition coefficient (Wildman–Crippen LogP) is 3.91. The van der Waals surface area contributed by atoms with Gasteiger partial charge in [0.25, 0.3) is 0 Å². The summed E-state index contributed by atoms with van der Waals surface area (Å²) in [6, 6.07) is 7.05. The molecule has 3 heterocycles. The summed E-state index contributed by atoms with van der Waals surface area (Å²) in [5.41, 5.74) is 3.52. The zero-order valence-corrected chi connectivity index (χ0v) is 14.8. The number of hydrogen-bond donors (Lipinski definition) is 1. The number of H-pyrrole nitrogens is 1. The number of benzene rings is 1. The largest absolute Gasteiger partial charge is 0.290 e. The van der Waals surface area contributed by atoms with Crippen LogP contribution in [0.15, 0.2) is 42.9 Å². The molecular formula is C20H22FN5. The summed E-state index contributed by atoms with van der Waals surface area (Å²) < 4.78 is 14.3. The second kappa shape index (κ2) is 7.33. The van der Waals surface area contributed by atoms with Crippen molar-refractivity contribution >= 4 is 0 Å². The lowest BCUT2D eigenvalue weighted by Crippen LogP contribution is -2.23. The van der Waals surface area contributed by atoms with Gasteiger partial charge in [-0.05, 0) is 25.5 Å². The summed E-state index contributed by atoms with van der Waals surface area (Å²) in [5.74, 6) is 0.644. The van der Waals surface area contributed by atoms with Gasteiger partial charge in [0.2, 0.25) is 0 Å². The first kappa shape index (κ1) is 16.8. The van der Waals surface area contributed by atoms with E-state index < -0.39 is 0 Å². The van der Waals surface area contributed by atoms with Crippen LogP contribution >= 0.6 is 0 Å². The molecule has 1 unspecified atom stereocenters. The maximum absolute atomic E-state index is 14.3. The number of nitrogens with one attached hydrogen (secondary N) is 1. The minimum Gasteiger partial charge on any atom is -0.290 e. The van der Waals surface area contributed by atoms with Crippen LogP contribution in [-0.4, -0.2) is 31.6 Å². The Labute approximate surface area is 152 Å². The van der Waals surface area contributed by atoms with E-state index in [4.69, 9.17) is 0 Å². The van der Waals surface area contributed by atoms with Crippen LogP contribution in [0.5, 0.6) is 0 Å². The highest BCUT2D eigenvalue weighted by Crippen LogP contribution is 2.37. The van der Waals surface area contributed by atoms with E-state index in [0.29, 0.717) is 5.56 Å². The lowest BCUT2D eigenvalue weighted by atomic mass is 10.0. The lowest BCUT2D eigenvalue weighted by molar-refractivity contribution is 0.244. The van der Waals surface area contributed by atoms with Crippen molar-refractivity contribution in [1.29, 1.82) is 0 Å². The van der Waals surface area contributed by atoms with E-state index in [0.717, 1.165) is 55.0 Å². The fourth-order valence-electron chi connectivity index (χ4n) is 3.67. The fourth-order valence-corrected chi connectivity index (χ4v) is 3.67. The second-order valence-corrected chi connectivity index (χ2v) is 6.67. The quantitative estimate of drug-likeness (QED) is 0.757. The first-order valence-corrected chi connectivity index (χ1v) is 9.08. The minimum atomic E-state index is -0.219. The molecule has 0 bridgehead atoms. The maximum Gasteiger partial charge on any atom is 0.131 e. The SMILES string of the molecule is CCc1ncc(CN2CCCC2c2[nH]ncc2-c2ccccc2F)cn1. The van der Waals surface area contributed by atoms with Gasteiger partial charge in [-0.15, -0.1) is 0 Å². The Balaban J connectivity index is 1.59. The van der Waals surface area contributed by atoms with Gasteiger partial charge in [-0.2, -0.15) is 5.10 Å². The molecular weight excluding hydrogens is 329 g/mol. The topological polar surface area (TPSA) is 57.7 Å². The second-order valence-electron chi connectivity index (χ2n) is 6.67. The molecule has 5 nitrogen and oxygen atoms in total. The third-order valence-electron chi connectivity index (χ3n) is 4.99. The molecule has 1 N–H and O–H groups in total. The van der Waals surface area contributed by atoms with Crippen molar-refractivity contribution in [1.82, 2.24) is 25.1 Å². The molecule has 4 rings (SSSR count). The summed E-state index contributed by atoms with van der Waals surface area (Å²) >= 11 is 0. The Kier molecular flexibility index (Phi) is 4.75. The van der Waals surface area contributed by atoms with Gasteiger partial charge in [0.05, 0.1) is 17.9 Å². The number of hydrogen-bond acceptors (Lipinski definition) is 4. The third kappa shape index (κ3) is 3.24. The molecule has 26 heavy (non-hydrogen) atoms. The normalized spacial score (nSPS) is 17.7. The van der Waals surface area contributed by atoms with Crippen molar-refractivity contribution in [3.63, 3.8) is 0 Å². The summed E-state index contributed by atoms with van der Waals surface area (Å²) in [7, 11) is 0. The molecule has 6 heteroatoms. The van der Waals surface area contributed by atoms with E-state index in [-0.39, 0.29) is 11.9 Å². The number of aromatic amines is 1. The number of aryl methyl sites for hydroxylation is 1. The van der Waals surface area contributed by atoms with Gasteiger partial charge in [-0.1, -0.05) is 25.1 Å². The van der Waals surface area contributed by atoms with Gasteiger partial charge in [-0.25, -0.2) is 14.4 Å². The number of likely N-dealkylation sites (tertiary alicyclic amines) is 1. The maximum atomic E-state index is 14.3. The van der Waals surface area contributed by atoms with E-state index in [2.05, 4.69) is 25.1 Å². The molecule has 1 atom stereocenters. The molecule has 134 valence electrons. The number of halogens is 1. The van der Waals surface area contributed by atoms with Crippen LogP contribution in [0.1, 0.15) is 42.9 Å². The standard InChI is InChI=1S/C20H22FN5/c1-2-19-22-10-14(11-23-19)13-26-9-5-8-18(26)20-16(12-24-25-20)15-6-3-4-7-17(15)21/h3-4,6-7,10-12,18H,2,5,8-9,13H2,1H3,(H,24,25). The van der Waals surface area contributed by atoms with Gasteiger partial charge in [0, 0.05) is 42.0 Å². The van der Waals surface area contributed by atoms with Crippen molar-refractivity contribution in [2.24, 2.45) is 0 Å². The molecule has 0 aliphatic carbocycles. The van der Waals surface area contributed by atoms with Gasteiger partial charge < -0.3 is 0 Å². The minimum absolute atomic E-state index is 0.193. The van der Waals surface area contributed by atoms with E-state index in [1.807, 2.05) is 25.4 Å². The van der Waals surface area contributed by atoms with E-state index in [1.165, 1.54) is 6.07 Å². The zero-order chi connectivity index (χ0) is 17.9. The Morgan fingerprint density at radius 1 is 1.15 bits per heavy atom. The van der Waals surface area contributed by atoms with Crippen LogP contribution in [0.2, 0.25) is 0 Å². The van der Waals surface area contributed by atoms with E-state index in [9.17, 15) is 4.39 Å². The highest BCUT2D eigenvalue weighted by Gasteiger charge is 2.30. The smallest absolute Gasteiger partial charge is 0.131 e. The van der Waals surface area contributed by atoms with Gasteiger partial charge in [0.1, 0.15) is 11.6 Å². The Morgan fingerprint density at radius 3 is 2.73 bits per heavy atom. The monoisotopic (exact) mass is 351 g/mol. The van der Waals surface area contributed by atoms with Gasteiger partial charge >= 0.3 is 0 Å². The molecule has 1 saturated heterocycles. The van der Waals surface area contributed by atoms with Crippen LogP contribution in [-0.2, 0) is 13.0 Å². The van der Waals surface area contributed by atoms with Gasteiger partial charge in [-0.3, -0.25) is 10.00 Å². The molecule has 3 aromatic rings. The Hall–Kier alpha value is -2.60. The van der Waals surface area contributed by atoms with Crippen LogP contribution in [0, 0.1) is 5.82 Å². The lowest BCUT2D eigenvalue weighted by Gasteiger charge is -2.24. The Morgan fingerprint density at radius 2 is 1.96 bits per heavy atom. The third-order valence-corrected chi connectivity index (χ3v) is 4.99. The molecule has 0 radical (unpaired) electrons. The highest BCUT2D eigenvalue weighted by atomic mass is 19.1. The average molecular weight is 351 g/mol. The molecule has 1 aromatic carbocycles. The van der Waals surface area contributed by atoms with Crippen LogP contribution in [0.25, 0.3) is 11.1 Å². The predicted molar refractivity (Wildman–Crippen MR) is 97.8 cm³/mol. The molecule has 1 aliphatic heterocycles. The number of rotatable bonds is 5. The first-order chi connectivity index (χ1) is 12.8. The van der Waals surface area contributed by atoms with Crippen LogP contribution < -0.4 is 0 Å². The molecule has 1 fully saturated rings. The van der Waals surface area contributed by atoms with Crippen molar-refractivity contribution in [2.75, 3.05) is 6.54 Å².